The smallest absolute Gasteiger partial charge is 0.254 e. The van der Waals surface area contributed by atoms with Gasteiger partial charge in [0.15, 0.2) is 0 Å². The lowest BCUT2D eigenvalue weighted by molar-refractivity contribution is 0.0938. The molecule has 0 bridgehead atoms. The van der Waals surface area contributed by atoms with Gasteiger partial charge >= 0.3 is 0 Å². The molecule has 1 aromatic rings. The molecule has 116 valence electrons. The fourth-order valence-corrected chi connectivity index (χ4v) is 2.81. The van der Waals surface area contributed by atoms with Gasteiger partial charge in [-0.05, 0) is 56.5 Å². The van der Waals surface area contributed by atoms with Crippen LogP contribution in [-0.4, -0.2) is 37.0 Å². The van der Waals surface area contributed by atoms with Crippen LogP contribution in [0.3, 0.4) is 0 Å². The summed E-state index contributed by atoms with van der Waals surface area (Å²) in [6, 6.07) is 4.70. The topological polar surface area (TPSA) is 32.3 Å². The van der Waals surface area contributed by atoms with E-state index >= 15 is 0 Å². The predicted molar refractivity (Wildman–Crippen MR) is 82.9 cm³/mol. The van der Waals surface area contributed by atoms with Crippen LogP contribution in [0.5, 0.6) is 0 Å². The Morgan fingerprint density at radius 3 is 2.71 bits per heavy atom. The summed E-state index contributed by atoms with van der Waals surface area (Å²) in [5, 5.41) is 2.84. The number of rotatable bonds is 5. The third kappa shape index (κ3) is 4.81. The van der Waals surface area contributed by atoms with Crippen LogP contribution in [0.4, 0.5) is 4.39 Å². The molecule has 1 saturated heterocycles. The van der Waals surface area contributed by atoms with Crippen molar-refractivity contribution in [3.05, 3.63) is 35.1 Å². The molecule has 2 rings (SSSR count). The van der Waals surface area contributed by atoms with E-state index < -0.39 is 5.82 Å². The van der Waals surface area contributed by atoms with Gasteiger partial charge in [-0.1, -0.05) is 19.4 Å². The molecule has 4 heteroatoms. The lowest BCUT2D eigenvalue weighted by Gasteiger charge is -2.29. The zero-order valence-corrected chi connectivity index (χ0v) is 13.0. The largest absolute Gasteiger partial charge is 0.352 e. The zero-order valence-electron chi connectivity index (χ0n) is 13.0. The highest BCUT2D eigenvalue weighted by Gasteiger charge is 2.16. The first-order valence-electron chi connectivity index (χ1n) is 7.83. The summed E-state index contributed by atoms with van der Waals surface area (Å²) in [5.74, 6) is -0.394. The summed E-state index contributed by atoms with van der Waals surface area (Å²) >= 11 is 0. The van der Waals surface area contributed by atoms with E-state index in [0.717, 1.165) is 25.2 Å². The van der Waals surface area contributed by atoms with E-state index in [0.29, 0.717) is 12.5 Å². The maximum atomic E-state index is 13.7. The van der Waals surface area contributed by atoms with Gasteiger partial charge in [0.25, 0.3) is 5.91 Å². The first-order valence-corrected chi connectivity index (χ1v) is 7.83. The van der Waals surface area contributed by atoms with E-state index in [1.807, 2.05) is 6.92 Å². The van der Waals surface area contributed by atoms with E-state index in [2.05, 4.69) is 17.1 Å². The summed E-state index contributed by atoms with van der Waals surface area (Å²) in [6.45, 7) is 7.83. The molecule has 1 aliphatic rings. The first-order chi connectivity index (χ1) is 10.1. The SMILES string of the molecule is Cc1ccc(C(=O)NCC(C)CN2CCCCC2)c(F)c1. The van der Waals surface area contributed by atoms with E-state index in [4.69, 9.17) is 0 Å². The van der Waals surface area contributed by atoms with Gasteiger partial charge in [0.2, 0.25) is 0 Å². The predicted octanol–water partition coefficient (Wildman–Crippen LogP) is 2.99. The highest BCUT2D eigenvalue weighted by molar-refractivity contribution is 5.94. The van der Waals surface area contributed by atoms with Crippen molar-refractivity contribution in [1.29, 1.82) is 0 Å². The summed E-state index contributed by atoms with van der Waals surface area (Å²) in [4.78, 5) is 14.5. The number of aryl methyl sites for hydroxylation is 1. The Morgan fingerprint density at radius 2 is 2.05 bits per heavy atom. The summed E-state index contributed by atoms with van der Waals surface area (Å²) < 4.78 is 13.7. The van der Waals surface area contributed by atoms with Crippen LogP contribution >= 0.6 is 0 Å². The number of halogens is 1. The quantitative estimate of drug-likeness (QED) is 0.905. The molecule has 1 amide bonds. The average Bonchev–Trinajstić information content (AvgIpc) is 2.46. The maximum Gasteiger partial charge on any atom is 0.254 e. The van der Waals surface area contributed by atoms with Crippen LogP contribution in [0.25, 0.3) is 0 Å². The minimum Gasteiger partial charge on any atom is -0.352 e. The Hall–Kier alpha value is -1.42. The van der Waals surface area contributed by atoms with Gasteiger partial charge in [-0.3, -0.25) is 4.79 Å². The molecule has 1 atom stereocenters. The third-order valence-corrected chi connectivity index (χ3v) is 4.00. The minimum absolute atomic E-state index is 0.130. The average molecular weight is 292 g/mol. The van der Waals surface area contributed by atoms with E-state index in [1.54, 1.807) is 12.1 Å². The van der Waals surface area contributed by atoms with Crippen LogP contribution in [0, 0.1) is 18.7 Å². The normalized spacial score (nSPS) is 17.5. The molecule has 3 nitrogen and oxygen atoms in total. The second-order valence-corrected chi connectivity index (χ2v) is 6.16. The molecule has 0 aliphatic carbocycles. The van der Waals surface area contributed by atoms with E-state index in [1.165, 1.54) is 25.3 Å². The Bertz CT molecular complexity index is 484. The molecule has 1 unspecified atom stereocenters. The van der Waals surface area contributed by atoms with Crippen LogP contribution in [0.1, 0.15) is 42.1 Å². The lowest BCUT2D eigenvalue weighted by atomic mass is 10.1. The van der Waals surface area contributed by atoms with Crippen molar-refractivity contribution in [1.82, 2.24) is 10.2 Å². The number of amides is 1. The van der Waals surface area contributed by atoms with Crippen LogP contribution in [-0.2, 0) is 0 Å². The van der Waals surface area contributed by atoms with Gasteiger partial charge in [-0.15, -0.1) is 0 Å². The number of hydrogen-bond acceptors (Lipinski definition) is 2. The second-order valence-electron chi connectivity index (χ2n) is 6.16. The van der Waals surface area contributed by atoms with E-state index in [9.17, 15) is 9.18 Å². The van der Waals surface area contributed by atoms with Crippen molar-refractivity contribution in [3.63, 3.8) is 0 Å². The molecule has 1 aliphatic heterocycles. The van der Waals surface area contributed by atoms with Crippen molar-refractivity contribution in [2.45, 2.75) is 33.1 Å². The Balaban J connectivity index is 1.80. The van der Waals surface area contributed by atoms with Crippen molar-refractivity contribution in [2.24, 2.45) is 5.92 Å². The first kappa shape index (κ1) is 16.0. The molecule has 21 heavy (non-hydrogen) atoms. The number of piperidine rings is 1. The molecule has 1 heterocycles. The van der Waals surface area contributed by atoms with E-state index in [-0.39, 0.29) is 11.5 Å². The number of carbonyl (C=O) groups is 1. The number of nitrogens with one attached hydrogen (secondary N) is 1. The standard InChI is InChI=1S/C17H25FN2O/c1-13-6-7-15(16(18)10-13)17(21)19-11-14(2)12-20-8-4-3-5-9-20/h6-7,10,14H,3-5,8-9,11-12H2,1-2H3,(H,19,21). The lowest BCUT2D eigenvalue weighted by Crippen LogP contribution is -2.38. The highest BCUT2D eigenvalue weighted by Crippen LogP contribution is 2.12. The molecule has 1 N–H and O–H groups in total. The molecule has 1 fully saturated rings. The summed E-state index contributed by atoms with van der Waals surface area (Å²) in [5.41, 5.74) is 0.952. The zero-order chi connectivity index (χ0) is 15.2. The fourth-order valence-electron chi connectivity index (χ4n) is 2.81. The third-order valence-electron chi connectivity index (χ3n) is 4.00. The molecule has 0 radical (unpaired) electrons. The molecule has 1 aromatic carbocycles. The monoisotopic (exact) mass is 292 g/mol. The van der Waals surface area contributed by atoms with Crippen molar-refractivity contribution >= 4 is 5.91 Å². The van der Waals surface area contributed by atoms with Gasteiger partial charge in [0.05, 0.1) is 5.56 Å². The Labute approximate surface area is 126 Å². The number of benzene rings is 1. The van der Waals surface area contributed by atoms with Crippen molar-refractivity contribution in [2.75, 3.05) is 26.2 Å². The number of hydrogen-bond donors (Lipinski definition) is 1. The number of likely N-dealkylation sites (tertiary alicyclic amines) is 1. The van der Waals surface area contributed by atoms with Crippen LogP contribution < -0.4 is 5.32 Å². The van der Waals surface area contributed by atoms with Gasteiger partial charge in [0.1, 0.15) is 5.82 Å². The number of nitrogens with zero attached hydrogens (tertiary/aromatic N) is 1. The van der Waals surface area contributed by atoms with Crippen molar-refractivity contribution in [3.8, 4) is 0 Å². The molecular formula is C17H25FN2O. The number of carbonyl (C=O) groups excluding carboxylic acids is 1. The Morgan fingerprint density at radius 1 is 1.33 bits per heavy atom. The highest BCUT2D eigenvalue weighted by atomic mass is 19.1. The van der Waals surface area contributed by atoms with Gasteiger partial charge < -0.3 is 10.2 Å². The second kappa shape index (κ2) is 7.55. The molecule has 0 aromatic heterocycles. The molecule has 0 spiro atoms. The molecular weight excluding hydrogens is 267 g/mol. The minimum atomic E-state index is -0.448. The van der Waals surface area contributed by atoms with Crippen molar-refractivity contribution < 1.29 is 9.18 Å². The van der Waals surface area contributed by atoms with Gasteiger partial charge in [-0.25, -0.2) is 4.39 Å². The fraction of sp³-hybridized carbons (Fsp3) is 0.588. The summed E-state index contributed by atoms with van der Waals surface area (Å²) in [6.07, 6.45) is 3.87. The van der Waals surface area contributed by atoms with Crippen LogP contribution in [0.2, 0.25) is 0 Å². The van der Waals surface area contributed by atoms with Gasteiger partial charge in [-0.2, -0.15) is 0 Å². The van der Waals surface area contributed by atoms with Crippen LogP contribution in [0.15, 0.2) is 18.2 Å². The molecule has 0 saturated carbocycles. The summed E-state index contributed by atoms with van der Waals surface area (Å²) in [7, 11) is 0. The maximum absolute atomic E-state index is 13.7. The Kier molecular flexibility index (Phi) is 5.74. The van der Waals surface area contributed by atoms with Gasteiger partial charge in [0, 0.05) is 13.1 Å².